The number of nitrogens with zero attached hydrogens (tertiary/aromatic N) is 1. The Hall–Kier alpha value is -3.60. The fourth-order valence-electron chi connectivity index (χ4n) is 3.75. The lowest BCUT2D eigenvalue weighted by Gasteiger charge is -2.29. The number of rotatable bonds is 6. The summed E-state index contributed by atoms with van der Waals surface area (Å²) < 4.78 is 5.62. The number of hydrogen-bond acceptors (Lipinski definition) is 3. The minimum absolute atomic E-state index is 0.0149. The molecule has 0 unspecified atom stereocenters. The molecule has 30 heavy (non-hydrogen) atoms. The van der Waals surface area contributed by atoms with Crippen LogP contribution in [0.2, 0.25) is 0 Å². The van der Waals surface area contributed by atoms with Crippen molar-refractivity contribution in [2.45, 2.75) is 19.3 Å². The van der Waals surface area contributed by atoms with Gasteiger partial charge in [-0.05, 0) is 29.7 Å². The molecule has 2 amide bonds. The molecule has 1 N–H and O–H groups in total. The Balaban J connectivity index is 1.61. The monoisotopic (exact) mass is 400 g/mol. The number of nitrogens with one attached hydrogen (secondary N) is 1. The van der Waals surface area contributed by atoms with E-state index in [2.05, 4.69) is 5.32 Å². The second-order valence-electron chi connectivity index (χ2n) is 7.26. The van der Waals surface area contributed by atoms with E-state index in [0.717, 1.165) is 23.2 Å². The third-order valence-electron chi connectivity index (χ3n) is 5.15. The average molecular weight is 400 g/mol. The summed E-state index contributed by atoms with van der Waals surface area (Å²) in [5, 5.41) is 3.02. The SMILES string of the molecule is CCCN1C(=O)COc2cc(NC(=O)C(c3ccccc3)c3ccccc3)ccc21. The van der Waals surface area contributed by atoms with Crippen molar-refractivity contribution in [3.05, 3.63) is 90.0 Å². The first-order valence-corrected chi connectivity index (χ1v) is 10.2. The maximum atomic E-state index is 13.3. The molecule has 3 aromatic rings. The third kappa shape index (κ3) is 4.06. The molecule has 0 radical (unpaired) electrons. The first kappa shape index (κ1) is 19.7. The van der Waals surface area contributed by atoms with E-state index in [4.69, 9.17) is 4.74 Å². The van der Waals surface area contributed by atoms with Gasteiger partial charge in [-0.3, -0.25) is 9.59 Å². The summed E-state index contributed by atoms with van der Waals surface area (Å²) in [6.07, 6.45) is 0.861. The normalized spacial score (nSPS) is 13.0. The molecule has 4 rings (SSSR count). The zero-order chi connectivity index (χ0) is 20.9. The molecule has 1 heterocycles. The van der Waals surface area contributed by atoms with Gasteiger partial charge in [0.2, 0.25) is 5.91 Å². The molecule has 0 fully saturated rings. The van der Waals surface area contributed by atoms with E-state index in [0.29, 0.717) is 18.0 Å². The van der Waals surface area contributed by atoms with Gasteiger partial charge in [0.25, 0.3) is 5.91 Å². The third-order valence-corrected chi connectivity index (χ3v) is 5.15. The Kier molecular flexibility index (Phi) is 5.80. The summed E-state index contributed by atoms with van der Waals surface area (Å²) in [6, 6.07) is 24.9. The smallest absolute Gasteiger partial charge is 0.265 e. The van der Waals surface area contributed by atoms with Crippen molar-refractivity contribution in [2.24, 2.45) is 0 Å². The van der Waals surface area contributed by atoms with Crippen molar-refractivity contribution < 1.29 is 14.3 Å². The van der Waals surface area contributed by atoms with E-state index in [1.165, 1.54) is 0 Å². The van der Waals surface area contributed by atoms with Crippen LogP contribution in [0.5, 0.6) is 5.75 Å². The molecule has 0 aromatic heterocycles. The van der Waals surface area contributed by atoms with Crippen LogP contribution in [0.3, 0.4) is 0 Å². The predicted molar refractivity (Wildman–Crippen MR) is 118 cm³/mol. The van der Waals surface area contributed by atoms with Crippen molar-refractivity contribution in [1.82, 2.24) is 0 Å². The molecular formula is C25H24N2O3. The lowest BCUT2D eigenvalue weighted by molar-refractivity contribution is -0.121. The number of fused-ring (bicyclic) bond motifs is 1. The van der Waals surface area contributed by atoms with Crippen LogP contribution in [0.25, 0.3) is 0 Å². The van der Waals surface area contributed by atoms with E-state index in [9.17, 15) is 9.59 Å². The number of carbonyl (C=O) groups excluding carboxylic acids is 2. The molecule has 5 nitrogen and oxygen atoms in total. The van der Waals surface area contributed by atoms with E-state index >= 15 is 0 Å². The molecule has 0 bridgehead atoms. The number of carbonyl (C=O) groups is 2. The second kappa shape index (κ2) is 8.82. The fourth-order valence-corrected chi connectivity index (χ4v) is 3.75. The molecule has 0 aliphatic carbocycles. The molecule has 152 valence electrons. The van der Waals surface area contributed by atoms with Crippen LogP contribution in [0, 0.1) is 0 Å². The van der Waals surface area contributed by atoms with Gasteiger partial charge in [-0.1, -0.05) is 67.6 Å². The van der Waals surface area contributed by atoms with Crippen molar-refractivity contribution in [2.75, 3.05) is 23.4 Å². The first-order chi connectivity index (χ1) is 14.7. The number of amides is 2. The Bertz CT molecular complexity index is 995. The van der Waals surface area contributed by atoms with Crippen LogP contribution in [-0.4, -0.2) is 25.0 Å². The summed E-state index contributed by atoms with van der Waals surface area (Å²) in [5.41, 5.74) is 3.24. The van der Waals surface area contributed by atoms with Crippen molar-refractivity contribution in [1.29, 1.82) is 0 Å². The summed E-state index contributed by atoms with van der Waals surface area (Å²) in [5.74, 6) is 0.0124. The maximum Gasteiger partial charge on any atom is 0.265 e. The molecule has 0 saturated carbocycles. The van der Waals surface area contributed by atoms with Gasteiger partial charge >= 0.3 is 0 Å². The zero-order valence-electron chi connectivity index (χ0n) is 16.9. The van der Waals surface area contributed by atoms with E-state index in [1.54, 1.807) is 11.0 Å². The molecule has 0 atom stereocenters. The zero-order valence-corrected chi connectivity index (χ0v) is 16.9. The fraction of sp³-hybridized carbons (Fsp3) is 0.200. The molecule has 0 spiro atoms. The van der Waals surface area contributed by atoms with Gasteiger partial charge in [0.1, 0.15) is 5.75 Å². The predicted octanol–water partition coefficient (Wildman–Crippen LogP) is 4.59. The Morgan fingerprint density at radius 3 is 2.23 bits per heavy atom. The number of benzene rings is 3. The Labute approximate surface area is 176 Å². The van der Waals surface area contributed by atoms with E-state index in [1.807, 2.05) is 79.7 Å². The highest BCUT2D eigenvalue weighted by molar-refractivity contribution is 6.00. The minimum Gasteiger partial charge on any atom is -0.481 e. The summed E-state index contributed by atoms with van der Waals surface area (Å²) >= 11 is 0. The molecular weight excluding hydrogens is 376 g/mol. The standard InChI is InChI=1S/C25H24N2O3/c1-2-15-27-21-14-13-20(16-22(21)30-17-23(27)28)26-25(29)24(18-9-5-3-6-10-18)19-11-7-4-8-12-19/h3-14,16,24H,2,15,17H2,1H3,(H,26,29). The van der Waals surface area contributed by atoms with Crippen molar-refractivity contribution in [3.8, 4) is 5.75 Å². The highest BCUT2D eigenvalue weighted by atomic mass is 16.5. The lowest BCUT2D eigenvalue weighted by Crippen LogP contribution is -2.39. The number of anilines is 2. The van der Waals surface area contributed by atoms with Crippen LogP contribution < -0.4 is 15.0 Å². The molecule has 3 aromatic carbocycles. The highest BCUT2D eigenvalue weighted by Gasteiger charge is 2.26. The largest absolute Gasteiger partial charge is 0.481 e. The summed E-state index contributed by atoms with van der Waals surface area (Å²) in [4.78, 5) is 27.2. The molecule has 1 aliphatic heterocycles. The van der Waals surface area contributed by atoms with Gasteiger partial charge in [0, 0.05) is 18.3 Å². The number of hydrogen-bond donors (Lipinski definition) is 1. The second-order valence-corrected chi connectivity index (χ2v) is 7.26. The van der Waals surface area contributed by atoms with Gasteiger partial charge in [-0.15, -0.1) is 0 Å². The average Bonchev–Trinajstić information content (AvgIpc) is 2.77. The summed E-state index contributed by atoms with van der Waals surface area (Å²) in [7, 11) is 0. The van der Waals surface area contributed by atoms with Crippen molar-refractivity contribution in [3.63, 3.8) is 0 Å². The minimum atomic E-state index is -0.428. The van der Waals surface area contributed by atoms with Gasteiger partial charge in [0.15, 0.2) is 6.61 Å². The Morgan fingerprint density at radius 2 is 1.63 bits per heavy atom. The lowest BCUT2D eigenvalue weighted by atomic mass is 9.90. The van der Waals surface area contributed by atoms with E-state index in [-0.39, 0.29) is 18.4 Å². The molecule has 0 saturated heterocycles. The van der Waals surface area contributed by atoms with Gasteiger partial charge in [-0.25, -0.2) is 0 Å². The van der Waals surface area contributed by atoms with Gasteiger partial charge in [-0.2, -0.15) is 0 Å². The number of ether oxygens (including phenoxy) is 1. The van der Waals surface area contributed by atoms with Crippen LogP contribution in [0.4, 0.5) is 11.4 Å². The van der Waals surface area contributed by atoms with Crippen LogP contribution in [-0.2, 0) is 9.59 Å². The highest BCUT2D eigenvalue weighted by Crippen LogP contribution is 2.35. The summed E-state index contributed by atoms with van der Waals surface area (Å²) in [6.45, 7) is 2.69. The quantitative estimate of drug-likeness (QED) is 0.658. The Morgan fingerprint density at radius 1 is 1.00 bits per heavy atom. The van der Waals surface area contributed by atoms with Gasteiger partial charge < -0.3 is 15.0 Å². The van der Waals surface area contributed by atoms with Gasteiger partial charge in [0.05, 0.1) is 11.6 Å². The molecule has 5 heteroatoms. The van der Waals surface area contributed by atoms with Crippen LogP contribution >= 0.6 is 0 Å². The first-order valence-electron chi connectivity index (χ1n) is 10.2. The van der Waals surface area contributed by atoms with E-state index < -0.39 is 5.92 Å². The van der Waals surface area contributed by atoms with Crippen molar-refractivity contribution >= 4 is 23.2 Å². The van der Waals surface area contributed by atoms with Crippen LogP contribution in [0.1, 0.15) is 30.4 Å². The maximum absolute atomic E-state index is 13.3. The van der Waals surface area contributed by atoms with Crippen LogP contribution in [0.15, 0.2) is 78.9 Å². The molecule has 1 aliphatic rings. The topological polar surface area (TPSA) is 58.6 Å².